The number of rotatable bonds is 8. The number of anilines is 1. The molecule has 0 spiro atoms. The number of ether oxygens (including phenoxy) is 2. The third-order valence-corrected chi connectivity index (χ3v) is 6.13. The van der Waals surface area contributed by atoms with Crippen molar-refractivity contribution in [3.8, 4) is 5.75 Å². The third kappa shape index (κ3) is 6.41. The Balaban J connectivity index is 2.02. The van der Waals surface area contributed by atoms with Crippen molar-refractivity contribution >= 4 is 49.6 Å². The summed E-state index contributed by atoms with van der Waals surface area (Å²) >= 11 is 3.33. The van der Waals surface area contributed by atoms with Crippen LogP contribution in [0.5, 0.6) is 5.75 Å². The molecule has 0 unspecified atom stereocenters. The molecule has 1 amide bonds. The number of nitrogens with zero attached hydrogens (tertiary/aromatic N) is 1. The Morgan fingerprint density at radius 2 is 1.90 bits per heavy atom. The van der Waals surface area contributed by atoms with Gasteiger partial charge >= 0.3 is 5.97 Å². The van der Waals surface area contributed by atoms with Crippen LogP contribution in [0.2, 0.25) is 0 Å². The number of carbonyl (C=O) groups excluding carboxylic acids is 2. The minimum atomic E-state index is -3.69. The highest BCUT2D eigenvalue weighted by molar-refractivity contribution is 9.10. The van der Waals surface area contributed by atoms with Gasteiger partial charge < -0.3 is 14.8 Å². The van der Waals surface area contributed by atoms with Crippen molar-refractivity contribution in [2.45, 2.75) is 4.90 Å². The van der Waals surface area contributed by atoms with Crippen molar-refractivity contribution < 1.29 is 27.5 Å². The molecule has 2 aromatic carbocycles. The van der Waals surface area contributed by atoms with E-state index in [-0.39, 0.29) is 16.3 Å². The molecule has 2 rings (SSSR count). The van der Waals surface area contributed by atoms with Crippen LogP contribution < -0.4 is 10.1 Å². The largest absolute Gasteiger partial charge is 0.495 e. The molecule has 2 aromatic rings. The summed E-state index contributed by atoms with van der Waals surface area (Å²) in [5.74, 6) is -1.07. The Labute approximate surface area is 183 Å². The van der Waals surface area contributed by atoms with Crippen LogP contribution in [-0.2, 0) is 24.3 Å². The predicted octanol–water partition coefficient (Wildman–Crippen LogP) is 2.90. The second-order valence-electron chi connectivity index (χ2n) is 6.19. The van der Waals surface area contributed by atoms with Gasteiger partial charge in [-0.05, 0) is 42.0 Å². The number of halogens is 1. The monoisotopic (exact) mass is 496 g/mol. The number of esters is 1. The summed E-state index contributed by atoms with van der Waals surface area (Å²) in [6.07, 6.45) is 2.77. The van der Waals surface area contributed by atoms with E-state index < -0.39 is 28.5 Å². The normalized spacial score (nSPS) is 11.5. The molecule has 0 saturated heterocycles. The first-order valence-electron chi connectivity index (χ1n) is 8.64. The first kappa shape index (κ1) is 23.6. The summed E-state index contributed by atoms with van der Waals surface area (Å²) in [5, 5.41) is 2.50. The molecule has 0 bridgehead atoms. The van der Waals surface area contributed by atoms with E-state index in [1.165, 1.54) is 45.5 Å². The van der Waals surface area contributed by atoms with Crippen LogP contribution in [0.1, 0.15) is 5.56 Å². The lowest BCUT2D eigenvalue weighted by atomic mass is 10.2. The van der Waals surface area contributed by atoms with Crippen LogP contribution in [0.15, 0.2) is 57.9 Å². The van der Waals surface area contributed by atoms with Crippen molar-refractivity contribution in [2.24, 2.45) is 0 Å². The zero-order valence-corrected chi connectivity index (χ0v) is 19.0. The van der Waals surface area contributed by atoms with Crippen LogP contribution in [0, 0.1) is 0 Å². The average molecular weight is 497 g/mol. The lowest BCUT2D eigenvalue weighted by Crippen LogP contribution is -2.23. The summed E-state index contributed by atoms with van der Waals surface area (Å²) in [5.41, 5.74) is 0.931. The van der Waals surface area contributed by atoms with E-state index in [4.69, 9.17) is 9.47 Å². The minimum Gasteiger partial charge on any atom is -0.495 e. The van der Waals surface area contributed by atoms with Gasteiger partial charge in [0.15, 0.2) is 6.61 Å². The maximum atomic E-state index is 12.3. The summed E-state index contributed by atoms with van der Waals surface area (Å²) in [7, 11) is 0.496. The zero-order valence-electron chi connectivity index (χ0n) is 16.6. The van der Waals surface area contributed by atoms with Crippen LogP contribution in [0.25, 0.3) is 6.08 Å². The maximum Gasteiger partial charge on any atom is 0.331 e. The molecule has 0 radical (unpaired) electrons. The van der Waals surface area contributed by atoms with Crippen molar-refractivity contribution in [2.75, 3.05) is 33.1 Å². The van der Waals surface area contributed by atoms with Gasteiger partial charge in [0.2, 0.25) is 10.0 Å². The molecular formula is C20H21BrN2O6S. The fraction of sp³-hybridized carbons (Fsp3) is 0.200. The van der Waals surface area contributed by atoms with Gasteiger partial charge in [0.1, 0.15) is 5.75 Å². The molecule has 0 aliphatic carbocycles. The Morgan fingerprint density at radius 3 is 2.53 bits per heavy atom. The van der Waals surface area contributed by atoms with E-state index in [2.05, 4.69) is 21.2 Å². The van der Waals surface area contributed by atoms with Crippen LogP contribution >= 0.6 is 15.9 Å². The third-order valence-electron chi connectivity index (χ3n) is 3.83. The standard InChI is InChI=1S/C20H21BrN2O6S/c1-23(2)30(26,27)16-8-9-18(28-3)17(12-16)22-19(24)13-29-20(25)10-7-14-5-4-6-15(21)11-14/h4-12H,13H2,1-3H3,(H,22,24)/b10-7+. The molecule has 1 N–H and O–H groups in total. The van der Waals surface area contributed by atoms with Gasteiger partial charge in [0, 0.05) is 24.6 Å². The van der Waals surface area contributed by atoms with Crippen LogP contribution in [0.3, 0.4) is 0 Å². The first-order valence-corrected chi connectivity index (χ1v) is 10.9. The number of nitrogens with one attached hydrogen (secondary N) is 1. The van der Waals surface area contributed by atoms with Crippen molar-refractivity contribution in [3.63, 3.8) is 0 Å². The van der Waals surface area contributed by atoms with E-state index in [9.17, 15) is 18.0 Å². The molecule has 10 heteroatoms. The summed E-state index contributed by atoms with van der Waals surface area (Å²) < 4.78 is 36.6. The molecule has 0 atom stereocenters. The van der Waals surface area contributed by atoms with Gasteiger partial charge in [0.25, 0.3) is 5.91 Å². The number of hydrogen-bond donors (Lipinski definition) is 1. The smallest absolute Gasteiger partial charge is 0.331 e. The fourth-order valence-corrected chi connectivity index (χ4v) is 3.65. The molecule has 30 heavy (non-hydrogen) atoms. The molecule has 0 fully saturated rings. The number of hydrogen-bond acceptors (Lipinski definition) is 6. The second-order valence-corrected chi connectivity index (χ2v) is 9.26. The molecule has 0 aliphatic heterocycles. The lowest BCUT2D eigenvalue weighted by molar-refractivity contribution is -0.142. The summed E-state index contributed by atoms with van der Waals surface area (Å²) in [6.45, 7) is -0.546. The Kier molecular flexibility index (Phi) is 8.16. The predicted molar refractivity (Wildman–Crippen MR) is 117 cm³/mol. The second kappa shape index (κ2) is 10.4. The number of benzene rings is 2. The maximum absolute atomic E-state index is 12.3. The number of methoxy groups -OCH3 is 1. The molecule has 0 saturated carbocycles. The summed E-state index contributed by atoms with van der Waals surface area (Å²) in [4.78, 5) is 24.0. The molecule has 160 valence electrons. The topological polar surface area (TPSA) is 102 Å². The molecule has 0 aliphatic rings. The van der Waals surface area contributed by atoms with Gasteiger partial charge in [-0.25, -0.2) is 17.5 Å². The first-order chi connectivity index (χ1) is 14.1. The highest BCUT2D eigenvalue weighted by Crippen LogP contribution is 2.28. The van der Waals surface area contributed by atoms with E-state index >= 15 is 0 Å². The van der Waals surface area contributed by atoms with E-state index in [1.54, 1.807) is 6.08 Å². The quantitative estimate of drug-likeness (QED) is 0.445. The Hall–Kier alpha value is -2.69. The number of sulfonamides is 1. The van der Waals surface area contributed by atoms with E-state index in [0.717, 1.165) is 14.3 Å². The van der Waals surface area contributed by atoms with Gasteiger partial charge in [-0.3, -0.25) is 4.79 Å². The van der Waals surface area contributed by atoms with Crippen molar-refractivity contribution in [3.05, 3.63) is 58.6 Å². The molecular weight excluding hydrogens is 476 g/mol. The minimum absolute atomic E-state index is 0.0162. The highest BCUT2D eigenvalue weighted by Gasteiger charge is 2.20. The van der Waals surface area contributed by atoms with E-state index in [1.807, 2.05) is 24.3 Å². The van der Waals surface area contributed by atoms with Gasteiger partial charge in [-0.2, -0.15) is 0 Å². The molecule has 0 heterocycles. The molecule has 0 aromatic heterocycles. The highest BCUT2D eigenvalue weighted by atomic mass is 79.9. The average Bonchev–Trinajstić information content (AvgIpc) is 2.70. The Morgan fingerprint density at radius 1 is 1.17 bits per heavy atom. The van der Waals surface area contributed by atoms with Crippen molar-refractivity contribution in [1.82, 2.24) is 4.31 Å². The number of carbonyl (C=O) groups is 2. The fourth-order valence-electron chi connectivity index (χ4n) is 2.30. The van der Waals surface area contributed by atoms with E-state index in [0.29, 0.717) is 0 Å². The number of amides is 1. The van der Waals surface area contributed by atoms with Gasteiger partial charge in [0.05, 0.1) is 17.7 Å². The van der Waals surface area contributed by atoms with Crippen molar-refractivity contribution in [1.29, 1.82) is 0 Å². The molecule has 8 nitrogen and oxygen atoms in total. The van der Waals surface area contributed by atoms with Crippen LogP contribution in [-0.4, -0.2) is 52.4 Å². The van der Waals surface area contributed by atoms with Gasteiger partial charge in [-0.1, -0.05) is 28.1 Å². The Bertz CT molecular complexity index is 1070. The van der Waals surface area contributed by atoms with Gasteiger partial charge in [-0.15, -0.1) is 0 Å². The van der Waals surface area contributed by atoms with Crippen LogP contribution in [0.4, 0.5) is 5.69 Å². The zero-order chi connectivity index (χ0) is 22.3. The lowest BCUT2D eigenvalue weighted by Gasteiger charge is -2.15. The summed E-state index contributed by atoms with van der Waals surface area (Å²) in [6, 6.07) is 11.4. The SMILES string of the molecule is COc1ccc(S(=O)(=O)N(C)C)cc1NC(=O)COC(=O)/C=C/c1cccc(Br)c1.